The van der Waals surface area contributed by atoms with E-state index in [1.165, 1.54) is 11.1 Å². The summed E-state index contributed by atoms with van der Waals surface area (Å²) in [6.45, 7) is 4.12. The molecule has 0 heterocycles. The molecule has 1 saturated carbocycles. The van der Waals surface area contributed by atoms with Gasteiger partial charge in [-0.1, -0.05) is 6.07 Å². The van der Waals surface area contributed by atoms with Gasteiger partial charge in [-0.25, -0.2) is 0 Å². The fraction of sp³-hybridized carbons (Fsp3) is 0.538. The van der Waals surface area contributed by atoms with Crippen molar-refractivity contribution < 1.29 is 9.84 Å². The van der Waals surface area contributed by atoms with Crippen molar-refractivity contribution in [3.05, 3.63) is 28.8 Å². The molecule has 0 aliphatic heterocycles. The quantitative estimate of drug-likeness (QED) is 0.798. The van der Waals surface area contributed by atoms with Crippen LogP contribution in [0.25, 0.3) is 0 Å². The summed E-state index contributed by atoms with van der Waals surface area (Å²) in [6.07, 6.45) is 0.967. The molecule has 1 aromatic carbocycles. The largest absolute Gasteiger partial charge is 0.496 e. The minimum absolute atomic E-state index is 0.267. The van der Waals surface area contributed by atoms with E-state index >= 15 is 0 Å². The average Bonchev–Trinajstić information content (AvgIpc) is 2.19. The standard InChI is InChI=1S/C13H19NO2/c1-8-4-11(12(16-3)5-9(8)2)13(14)6-10(15)7-13/h4-5,10,15H,6-7,14H2,1-3H3. The van der Waals surface area contributed by atoms with E-state index in [4.69, 9.17) is 10.5 Å². The zero-order valence-corrected chi connectivity index (χ0v) is 10.1. The minimum Gasteiger partial charge on any atom is -0.496 e. The summed E-state index contributed by atoms with van der Waals surface area (Å²) in [5.74, 6) is 0.831. The Labute approximate surface area is 96.2 Å². The fourth-order valence-electron chi connectivity index (χ4n) is 2.35. The van der Waals surface area contributed by atoms with E-state index in [1.807, 2.05) is 6.07 Å². The van der Waals surface area contributed by atoms with Gasteiger partial charge in [0.05, 0.1) is 13.2 Å². The zero-order valence-electron chi connectivity index (χ0n) is 10.1. The second kappa shape index (κ2) is 3.75. The van der Waals surface area contributed by atoms with Gasteiger partial charge in [-0.3, -0.25) is 0 Å². The molecule has 0 spiro atoms. The van der Waals surface area contributed by atoms with Crippen LogP contribution in [-0.2, 0) is 5.54 Å². The first kappa shape index (κ1) is 11.4. The van der Waals surface area contributed by atoms with E-state index in [9.17, 15) is 5.11 Å². The summed E-state index contributed by atoms with van der Waals surface area (Å²) in [5, 5.41) is 9.41. The molecule has 0 bridgehead atoms. The highest BCUT2D eigenvalue weighted by molar-refractivity contribution is 5.46. The number of benzene rings is 1. The lowest BCUT2D eigenvalue weighted by molar-refractivity contribution is 0.0198. The number of hydrogen-bond donors (Lipinski definition) is 2. The van der Waals surface area contributed by atoms with Crippen LogP contribution in [-0.4, -0.2) is 18.3 Å². The van der Waals surface area contributed by atoms with Crippen molar-refractivity contribution in [3.63, 3.8) is 0 Å². The van der Waals surface area contributed by atoms with Crippen LogP contribution in [0, 0.1) is 13.8 Å². The van der Waals surface area contributed by atoms with Gasteiger partial charge in [-0.15, -0.1) is 0 Å². The molecule has 0 saturated heterocycles. The molecule has 1 fully saturated rings. The number of aryl methyl sites for hydroxylation is 2. The number of hydrogen-bond acceptors (Lipinski definition) is 3. The van der Waals surface area contributed by atoms with Crippen LogP contribution >= 0.6 is 0 Å². The second-order valence-electron chi connectivity index (χ2n) is 4.85. The van der Waals surface area contributed by atoms with Crippen LogP contribution < -0.4 is 10.5 Å². The highest BCUT2D eigenvalue weighted by Gasteiger charge is 2.43. The Morgan fingerprint density at radius 3 is 2.38 bits per heavy atom. The maximum absolute atomic E-state index is 9.41. The van der Waals surface area contributed by atoms with Crippen molar-refractivity contribution in [2.24, 2.45) is 5.73 Å². The van der Waals surface area contributed by atoms with Crippen molar-refractivity contribution in [1.29, 1.82) is 0 Å². The van der Waals surface area contributed by atoms with Crippen LogP contribution in [0.5, 0.6) is 5.75 Å². The Balaban J connectivity index is 2.44. The van der Waals surface area contributed by atoms with E-state index in [2.05, 4.69) is 19.9 Å². The van der Waals surface area contributed by atoms with Crippen molar-refractivity contribution in [3.8, 4) is 5.75 Å². The Morgan fingerprint density at radius 2 is 1.88 bits per heavy atom. The summed E-state index contributed by atoms with van der Waals surface area (Å²) in [6, 6.07) is 4.10. The molecule has 0 radical (unpaired) electrons. The van der Waals surface area contributed by atoms with Crippen LogP contribution in [0.4, 0.5) is 0 Å². The summed E-state index contributed by atoms with van der Waals surface area (Å²) < 4.78 is 5.38. The van der Waals surface area contributed by atoms with Gasteiger partial charge < -0.3 is 15.6 Å². The number of nitrogens with two attached hydrogens (primary N) is 1. The average molecular weight is 221 g/mol. The molecule has 2 rings (SSSR count). The molecule has 1 aromatic rings. The van der Waals surface area contributed by atoms with Crippen LogP contribution in [0.2, 0.25) is 0 Å². The number of aliphatic hydroxyl groups is 1. The third-order valence-corrected chi connectivity index (χ3v) is 3.55. The number of methoxy groups -OCH3 is 1. The zero-order chi connectivity index (χ0) is 11.9. The number of rotatable bonds is 2. The van der Waals surface area contributed by atoms with Crippen molar-refractivity contribution >= 4 is 0 Å². The van der Waals surface area contributed by atoms with Crippen LogP contribution in [0.3, 0.4) is 0 Å². The van der Waals surface area contributed by atoms with Gasteiger partial charge >= 0.3 is 0 Å². The third-order valence-electron chi connectivity index (χ3n) is 3.55. The number of aliphatic hydroxyl groups excluding tert-OH is 1. The molecular formula is C13H19NO2. The maximum Gasteiger partial charge on any atom is 0.124 e. The molecular weight excluding hydrogens is 202 g/mol. The van der Waals surface area contributed by atoms with Crippen molar-refractivity contribution in [1.82, 2.24) is 0 Å². The predicted molar refractivity (Wildman–Crippen MR) is 63.6 cm³/mol. The molecule has 1 aliphatic rings. The SMILES string of the molecule is COc1cc(C)c(C)cc1C1(N)CC(O)C1. The molecule has 1 aliphatic carbocycles. The summed E-state index contributed by atoms with van der Waals surface area (Å²) in [4.78, 5) is 0. The molecule has 88 valence electrons. The Hall–Kier alpha value is -1.06. The number of ether oxygens (including phenoxy) is 1. The molecule has 0 atom stereocenters. The first-order valence-electron chi connectivity index (χ1n) is 5.59. The molecule has 0 amide bonds. The van der Waals surface area contributed by atoms with Gasteiger partial charge in [0.2, 0.25) is 0 Å². The molecule has 0 aromatic heterocycles. The monoisotopic (exact) mass is 221 g/mol. The lowest BCUT2D eigenvalue weighted by Crippen LogP contribution is -2.51. The minimum atomic E-state index is -0.413. The van der Waals surface area contributed by atoms with E-state index in [-0.39, 0.29) is 6.10 Å². The maximum atomic E-state index is 9.41. The van der Waals surface area contributed by atoms with Crippen LogP contribution in [0.15, 0.2) is 12.1 Å². The van der Waals surface area contributed by atoms with Crippen molar-refractivity contribution in [2.75, 3.05) is 7.11 Å². The normalized spacial score (nSPS) is 28.7. The Kier molecular flexibility index (Phi) is 2.68. The molecule has 3 heteroatoms. The first-order chi connectivity index (χ1) is 7.46. The van der Waals surface area contributed by atoms with E-state index < -0.39 is 5.54 Å². The first-order valence-corrected chi connectivity index (χ1v) is 5.59. The van der Waals surface area contributed by atoms with Crippen LogP contribution in [0.1, 0.15) is 29.5 Å². The fourth-order valence-corrected chi connectivity index (χ4v) is 2.35. The molecule has 0 unspecified atom stereocenters. The smallest absolute Gasteiger partial charge is 0.124 e. The van der Waals surface area contributed by atoms with Gasteiger partial charge in [0.1, 0.15) is 5.75 Å². The summed E-state index contributed by atoms with van der Waals surface area (Å²) in [7, 11) is 1.66. The predicted octanol–water partition coefficient (Wildman–Crippen LogP) is 1.62. The highest BCUT2D eigenvalue weighted by Crippen LogP contribution is 2.43. The topological polar surface area (TPSA) is 55.5 Å². The van der Waals surface area contributed by atoms with Gasteiger partial charge in [-0.05, 0) is 43.9 Å². The summed E-state index contributed by atoms with van der Waals surface area (Å²) in [5.41, 5.74) is 9.28. The van der Waals surface area contributed by atoms with E-state index in [1.54, 1.807) is 7.11 Å². The van der Waals surface area contributed by atoms with Gasteiger partial charge in [0.25, 0.3) is 0 Å². The Bertz CT molecular complexity index is 409. The van der Waals surface area contributed by atoms with E-state index in [0.717, 1.165) is 11.3 Å². The molecule has 3 nitrogen and oxygen atoms in total. The molecule has 3 N–H and O–H groups in total. The Morgan fingerprint density at radius 1 is 1.31 bits per heavy atom. The van der Waals surface area contributed by atoms with Gasteiger partial charge in [0.15, 0.2) is 0 Å². The highest BCUT2D eigenvalue weighted by atomic mass is 16.5. The van der Waals surface area contributed by atoms with Crippen molar-refractivity contribution in [2.45, 2.75) is 38.3 Å². The van der Waals surface area contributed by atoms with Gasteiger partial charge in [0, 0.05) is 11.1 Å². The second-order valence-corrected chi connectivity index (χ2v) is 4.85. The lowest BCUT2D eigenvalue weighted by Gasteiger charge is -2.43. The molecule has 16 heavy (non-hydrogen) atoms. The van der Waals surface area contributed by atoms with Gasteiger partial charge in [-0.2, -0.15) is 0 Å². The third kappa shape index (κ3) is 1.70. The lowest BCUT2D eigenvalue weighted by atomic mass is 9.70. The van der Waals surface area contributed by atoms with E-state index in [0.29, 0.717) is 12.8 Å². The summed E-state index contributed by atoms with van der Waals surface area (Å²) >= 11 is 0.